The molecule has 258 valence electrons. The summed E-state index contributed by atoms with van der Waals surface area (Å²) in [5, 5.41) is 33.1. The van der Waals surface area contributed by atoms with E-state index in [9.17, 15) is 24.9 Å². The van der Waals surface area contributed by atoms with E-state index in [1.165, 1.54) is 52.1 Å². The molecule has 2 aliphatic rings. The molecule has 48 heavy (non-hydrogen) atoms. The maximum absolute atomic E-state index is 13.0. The van der Waals surface area contributed by atoms with Gasteiger partial charge in [-0.05, 0) is 60.6 Å². The van der Waals surface area contributed by atoms with Gasteiger partial charge in [-0.25, -0.2) is 4.98 Å². The molecule has 0 bridgehead atoms. The Balaban J connectivity index is 1.27. The quantitative estimate of drug-likeness (QED) is 0.0820. The van der Waals surface area contributed by atoms with Crippen molar-refractivity contribution in [2.45, 2.75) is 102 Å². The molecule has 2 aromatic heterocycles. The number of nitrogens with zero attached hydrogens (tertiary/aromatic N) is 1. The molecule has 0 saturated heterocycles. The van der Waals surface area contributed by atoms with Gasteiger partial charge < -0.3 is 30.8 Å². The Morgan fingerprint density at radius 2 is 1.83 bits per heavy atom. The highest BCUT2D eigenvalue weighted by molar-refractivity contribution is 6.05. The Bertz CT molecular complexity index is 1560. The van der Waals surface area contributed by atoms with Crippen molar-refractivity contribution < 1.29 is 29.6 Å². The lowest BCUT2D eigenvalue weighted by Crippen LogP contribution is -2.36. The molecule has 0 aliphatic heterocycles. The highest BCUT2D eigenvalue weighted by Crippen LogP contribution is 2.53. The number of hydrogen-bond acceptors (Lipinski definition) is 8. The number of aromatic amines is 1. The number of aryl methyl sites for hydroxylation is 1. The first-order chi connectivity index (χ1) is 23.3. The smallest absolute Gasteiger partial charge is 0.170 e. The lowest BCUT2D eigenvalue weighted by molar-refractivity contribution is -0.138. The fraction of sp³-hybridized carbons (Fsp3) is 0.513. The maximum Gasteiger partial charge on any atom is 0.170 e. The molecule has 6 N–H and O–H groups in total. The number of pyridine rings is 1. The number of nitrogens with two attached hydrogens (primary N) is 1. The normalized spacial score (nSPS) is 19.9. The first-order valence-electron chi connectivity index (χ1n) is 17.6. The van der Waals surface area contributed by atoms with Crippen LogP contribution in [0.25, 0.3) is 6.08 Å². The molecular formula is C39H51N3O6. The van der Waals surface area contributed by atoms with Crippen molar-refractivity contribution >= 4 is 23.5 Å². The molecule has 1 fully saturated rings. The number of phenolic OH excluding ortho intramolecular Hbond substituents is 1. The number of aromatic nitrogens is 2. The van der Waals surface area contributed by atoms with Gasteiger partial charge in [0.1, 0.15) is 5.82 Å². The number of aliphatic hydroxyl groups is 2. The van der Waals surface area contributed by atoms with Gasteiger partial charge in [-0.2, -0.15) is 0 Å². The summed E-state index contributed by atoms with van der Waals surface area (Å²) in [6, 6.07) is 9.18. The summed E-state index contributed by atoms with van der Waals surface area (Å²) < 4.78 is 5.57. The van der Waals surface area contributed by atoms with Crippen LogP contribution < -0.4 is 10.5 Å². The van der Waals surface area contributed by atoms with Crippen LogP contribution in [-0.4, -0.2) is 56.7 Å². The largest absolute Gasteiger partial charge is 0.504 e. The van der Waals surface area contributed by atoms with Crippen molar-refractivity contribution in [1.82, 2.24) is 9.97 Å². The van der Waals surface area contributed by atoms with Crippen molar-refractivity contribution in [1.29, 1.82) is 0 Å². The van der Waals surface area contributed by atoms with Crippen LogP contribution in [0, 0.1) is 11.3 Å². The van der Waals surface area contributed by atoms with E-state index in [2.05, 4.69) is 9.97 Å². The molecule has 1 saturated carbocycles. The molecule has 3 atom stereocenters. The summed E-state index contributed by atoms with van der Waals surface area (Å²) in [6.45, 7) is -0.228. The molecule has 9 nitrogen and oxygen atoms in total. The number of nitrogens with one attached hydrogen (secondary N) is 1. The van der Waals surface area contributed by atoms with Crippen LogP contribution in [0.4, 0.5) is 5.82 Å². The molecular weight excluding hydrogens is 606 g/mol. The molecule has 3 unspecified atom stereocenters. The van der Waals surface area contributed by atoms with Crippen LogP contribution in [0.3, 0.4) is 0 Å². The number of hydrogen-bond donors (Lipinski definition) is 5. The Kier molecular flexibility index (Phi) is 12.1. The maximum atomic E-state index is 13.0. The zero-order valence-corrected chi connectivity index (χ0v) is 28.1. The fourth-order valence-electron chi connectivity index (χ4n) is 7.75. The predicted molar refractivity (Wildman–Crippen MR) is 187 cm³/mol. The van der Waals surface area contributed by atoms with Crippen LogP contribution in [-0.2, 0) is 22.4 Å². The Morgan fingerprint density at radius 3 is 2.56 bits per heavy atom. The predicted octanol–water partition coefficient (Wildman–Crippen LogP) is 6.44. The number of ether oxygens (including phenoxy) is 1. The average molecular weight is 658 g/mol. The van der Waals surface area contributed by atoms with Crippen molar-refractivity contribution in [2.75, 3.05) is 19.5 Å². The van der Waals surface area contributed by atoms with E-state index in [4.69, 9.17) is 10.5 Å². The van der Waals surface area contributed by atoms with Gasteiger partial charge in [-0.1, -0.05) is 76.0 Å². The van der Waals surface area contributed by atoms with Crippen molar-refractivity contribution in [3.63, 3.8) is 0 Å². The van der Waals surface area contributed by atoms with Crippen LogP contribution >= 0.6 is 0 Å². The minimum atomic E-state index is -1.64. The van der Waals surface area contributed by atoms with Gasteiger partial charge in [0.2, 0.25) is 0 Å². The second-order valence-electron chi connectivity index (χ2n) is 13.8. The number of unbranched alkanes of at least 4 members (excludes halogenated alkanes) is 3. The Morgan fingerprint density at radius 1 is 1.06 bits per heavy atom. The SMILES string of the molecule is COc1cc(CCC(=O)C(O)C(=O)CCCCCCC2CCCCC2)cc(C2c3ccnc(N)c3C=CC2(CO)Cc2ccc[nH]2)c1O. The topological polar surface area (TPSA) is 159 Å². The number of ketones is 2. The van der Waals surface area contributed by atoms with Crippen LogP contribution in [0.2, 0.25) is 0 Å². The first kappa shape index (κ1) is 35.4. The number of carbonyl (C=O) groups excluding carboxylic acids is 2. The third kappa shape index (κ3) is 8.18. The lowest BCUT2D eigenvalue weighted by Gasteiger charge is -2.41. The van der Waals surface area contributed by atoms with Gasteiger partial charge in [0.05, 0.1) is 13.7 Å². The third-order valence-corrected chi connectivity index (χ3v) is 10.5. The summed E-state index contributed by atoms with van der Waals surface area (Å²) in [6.07, 6.45) is 18.3. The van der Waals surface area contributed by atoms with Gasteiger partial charge in [0.25, 0.3) is 0 Å². The molecule has 0 amide bonds. The van der Waals surface area contributed by atoms with Gasteiger partial charge in [-0.15, -0.1) is 0 Å². The van der Waals surface area contributed by atoms with Crippen LogP contribution in [0.1, 0.15) is 111 Å². The molecule has 1 aromatic carbocycles. The molecule has 3 aromatic rings. The number of benzene rings is 1. The highest BCUT2D eigenvalue weighted by Gasteiger charge is 2.44. The average Bonchev–Trinajstić information content (AvgIpc) is 3.62. The fourth-order valence-corrected chi connectivity index (χ4v) is 7.75. The van der Waals surface area contributed by atoms with Crippen LogP contribution in [0.5, 0.6) is 11.5 Å². The van der Waals surface area contributed by atoms with Gasteiger partial charge in [0, 0.05) is 53.4 Å². The van der Waals surface area contributed by atoms with E-state index in [0.717, 1.165) is 30.0 Å². The number of methoxy groups -OCH3 is 1. The van der Waals surface area contributed by atoms with Crippen molar-refractivity contribution in [2.24, 2.45) is 11.3 Å². The summed E-state index contributed by atoms with van der Waals surface area (Å²) in [5.74, 6) is -0.149. The first-order valence-corrected chi connectivity index (χ1v) is 17.6. The molecule has 2 aliphatic carbocycles. The number of aliphatic hydroxyl groups excluding tert-OH is 2. The van der Waals surface area contributed by atoms with E-state index < -0.39 is 29.0 Å². The van der Waals surface area contributed by atoms with Gasteiger partial charge in [0.15, 0.2) is 29.2 Å². The molecule has 0 spiro atoms. The number of phenols is 1. The molecule has 5 rings (SSSR count). The summed E-state index contributed by atoms with van der Waals surface area (Å²) >= 11 is 0. The van der Waals surface area contributed by atoms with Gasteiger partial charge >= 0.3 is 0 Å². The monoisotopic (exact) mass is 657 g/mol. The molecule has 0 radical (unpaired) electrons. The second-order valence-corrected chi connectivity index (χ2v) is 13.8. The number of aromatic hydroxyl groups is 1. The van der Waals surface area contributed by atoms with E-state index in [-0.39, 0.29) is 37.4 Å². The minimum absolute atomic E-state index is 0.0483. The van der Waals surface area contributed by atoms with Crippen molar-refractivity contribution in [3.05, 3.63) is 76.7 Å². The van der Waals surface area contributed by atoms with Crippen LogP contribution in [0.15, 0.2) is 48.8 Å². The second kappa shape index (κ2) is 16.4. The standard InChI is InChI=1S/C39H51N3O6/c1-48-34-23-27(15-16-33(45)37(47)32(44)14-8-3-2-5-10-26-11-6-4-7-12-26)22-31(36(34)46)35-29-18-21-42-38(40)30(29)17-19-39(35,25-43)24-28-13-9-20-41-28/h9,13,17-23,26,35,37,41,43,46-47H,2-8,10-12,14-16,24-25H2,1H3,(H2,40,42). The Hall–Kier alpha value is -3.95. The number of fused-ring (bicyclic) bond motifs is 1. The zero-order valence-electron chi connectivity index (χ0n) is 28.1. The van der Waals surface area contributed by atoms with E-state index >= 15 is 0 Å². The van der Waals surface area contributed by atoms with E-state index in [0.29, 0.717) is 35.3 Å². The lowest BCUT2D eigenvalue weighted by atomic mass is 9.63. The van der Waals surface area contributed by atoms with E-state index in [1.54, 1.807) is 12.3 Å². The molecule has 9 heteroatoms. The Labute approximate surface area is 283 Å². The number of anilines is 1. The van der Waals surface area contributed by atoms with E-state index in [1.807, 2.05) is 42.6 Å². The summed E-state index contributed by atoms with van der Waals surface area (Å²) in [4.78, 5) is 33.2. The molecule has 2 heterocycles. The van der Waals surface area contributed by atoms with Crippen molar-refractivity contribution in [3.8, 4) is 11.5 Å². The number of carbonyl (C=O) groups is 2. The number of H-pyrrole nitrogens is 1. The number of Topliss-reactive ketones (excluding diaryl/α,β-unsaturated/α-hetero) is 2. The highest BCUT2D eigenvalue weighted by atomic mass is 16.5. The number of nitrogen functional groups attached to an aromatic ring is 1. The summed E-state index contributed by atoms with van der Waals surface area (Å²) in [5.41, 5.74) is 9.04. The minimum Gasteiger partial charge on any atom is -0.504 e. The van der Waals surface area contributed by atoms with Gasteiger partial charge in [-0.3, -0.25) is 9.59 Å². The third-order valence-electron chi connectivity index (χ3n) is 10.5. The summed E-state index contributed by atoms with van der Waals surface area (Å²) in [7, 11) is 1.46. The number of rotatable bonds is 17. The zero-order chi connectivity index (χ0) is 34.1.